The number of fused-ring (bicyclic) bond motifs is 1. The van der Waals surface area contributed by atoms with Crippen molar-refractivity contribution in [2.24, 2.45) is 0 Å². The summed E-state index contributed by atoms with van der Waals surface area (Å²) < 4.78 is 5.50. The maximum absolute atomic E-state index is 12.8. The van der Waals surface area contributed by atoms with Crippen molar-refractivity contribution in [3.63, 3.8) is 0 Å². The Bertz CT molecular complexity index is 599. The summed E-state index contributed by atoms with van der Waals surface area (Å²) in [4.78, 5) is 14.8. The molecule has 1 aliphatic rings. The molecule has 1 unspecified atom stereocenters. The van der Waals surface area contributed by atoms with Crippen molar-refractivity contribution in [2.75, 3.05) is 19.6 Å². The predicted octanol–water partition coefficient (Wildman–Crippen LogP) is 2.65. The van der Waals surface area contributed by atoms with E-state index >= 15 is 0 Å². The van der Waals surface area contributed by atoms with Crippen LogP contribution in [0.5, 0.6) is 0 Å². The molecule has 1 aliphatic heterocycles. The minimum absolute atomic E-state index is 0.0884. The number of nitrogens with zero attached hydrogens (tertiary/aromatic N) is 1. The van der Waals surface area contributed by atoms with Gasteiger partial charge in [0.05, 0.1) is 5.56 Å². The van der Waals surface area contributed by atoms with Gasteiger partial charge in [-0.25, -0.2) is 0 Å². The third-order valence-corrected chi connectivity index (χ3v) is 3.91. The van der Waals surface area contributed by atoms with E-state index in [1.165, 1.54) is 0 Å². The number of para-hydroxylation sites is 1. The number of furan rings is 1. The van der Waals surface area contributed by atoms with E-state index in [0.717, 1.165) is 43.4 Å². The van der Waals surface area contributed by atoms with Crippen LogP contribution in [-0.2, 0) is 0 Å². The number of carbonyl (C=O) groups excluding carboxylic acids is 1. The van der Waals surface area contributed by atoms with E-state index in [9.17, 15) is 4.79 Å². The Morgan fingerprint density at radius 3 is 3.05 bits per heavy atom. The molecule has 1 fully saturated rings. The molecule has 2 heterocycles. The molecule has 1 aromatic heterocycles. The number of rotatable bonds is 4. The molecule has 1 aromatic carbocycles. The summed E-state index contributed by atoms with van der Waals surface area (Å²) in [6, 6.07) is 8.01. The van der Waals surface area contributed by atoms with Crippen LogP contribution in [0.25, 0.3) is 11.0 Å². The number of amides is 1. The number of benzene rings is 1. The fourth-order valence-corrected chi connectivity index (χ4v) is 2.89. The minimum Gasteiger partial charge on any atom is -0.463 e. The lowest BCUT2D eigenvalue weighted by Gasteiger charge is -2.27. The van der Waals surface area contributed by atoms with Crippen molar-refractivity contribution in [3.05, 3.63) is 36.1 Å². The van der Waals surface area contributed by atoms with Gasteiger partial charge in [0.15, 0.2) is 0 Å². The SMILES string of the molecule is CCCN(C(=O)c1coc2ccccc12)C1CCNC1. The first-order valence-electron chi connectivity index (χ1n) is 7.29. The second-order valence-electron chi connectivity index (χ2n) is 5.29. The normalized spacial score (nSPS) is 18.6. The van der Waals surface area contributed by atoms with Crippen molar-refractivity contribution >= 4 is 16.9 Å². The Morgan fingerprint density at radius 1 is 1.45 bits per heavy atom. The fourth-order valence-electron chi connectivity index (χ4n) is 2.89. The fraction of sp³-hybridized carbons (Fsp3) is 0.438. The van der Waals surface area contributed by atoms with Gasteiger partial charge < -0.3 is 14.6 Å². The highest BCUT2D eigenvalue weighted by atomic mass is 16.3. The van der Waals surface area contributed by atoms with Crippen LogP contribution in [0.15, 0.2) is 34.9 Å². The quantitative estimate of drug-likeness (QED) is 0.930. The summed E-state index contributed by atoms with van der Waals surface area (Å²) in [6.45, 7) is 4.78. The average molecular weight is 272 g/mol. The summed E-state index contributed by atoms with van der Waals surface area (Å²) in [6.07, 6.45) is 3.59. The molecular formula is C16H20N2O2. The molecule has 1 amide bonds. The van der Waals surface area contributed by atoms with Gasteiger partial charge in [-0.1, -0.05) is 25.1 Å². The van der Waals surface area contributed by atoms with Crippen molar-refractivity contribution < 1.29 is 9.21 Å². The monoisotopic (exact) mass is 272 g/mol. The zero-order valence-corrected chi connectivity index (χ0v) is 11.8. The van der Waals surface area contributed by atoms with Crippen LogP contribution in [0.3, 0.4) is 0 Å². The van der Waals surface area contributed by atoms with Crippen LogP contribution in [0, 0.1) is 0 Å². The van der Waals surface area contributed by atoms with E-state index in [0.29, 0.717) is 11.6 Å². The van der Waals surface area contributed by atoms with Gasteiger partial charge in [-0.2, -0.15) is 0 Å². The number of carbonyl (C=O) groups is 1. The van der Waals surface area contributed by atoms with Gasteiger partial charge >= 0.3 is 0 Å². The molecule has 0 saturated carbocycles. The second-order valence-corrected chi connectivity index (χ2v) is 5.29. The van der Waals surface area contributed by atoms with Gasteiger partial charge in [0.25, 0.3) is 5.91 Å². The first-order chi connectivity index (χ1) is 9.81. The number of hydrogen-bond acceptors (Lipinski definition) is 3. The number of hydrogen-bond donors (Lipinski definition) is 1. The standard InChI is InChI=1S/C16H20N2O2/c1-2-9-18(12-7-8-17-10-12)16(19)14-11-20-15-6-4-3-5-13(14)15/h3-6,11-12,17H,2,7-10H2,1H3. The van der Waals surface area contributed by atoms with E-state index in [-0.39, 0.29) is 5.91 Å². The molecule has 0 spiro atoms. The molecule has 1 saturated heterocycles. The van der Waals surface area contributed by atoms with Gasteiger partial charge in [-0.3, -0.25) is 4.79 Å². The van der Waals surface area contributed by atoms with Crippen LogP contribution in [0.2, 0.25) is 0 Å². The van der Waals surface area contributed by atoms with Crippen molar-refractivity contribution in [1.29, 1.82) is 0 Å². The lowest BCUT2D eigenvalue weighted by molar-refractivity contribution is 0.0693. The van der Waals surface area contributed by atoms with E-state index in [1.807, 2.05) is 29.2 Å². The molecule has 1 atom stereocenters. The molecule has 0 aliphatic carbocycles. The summed E-state index contributed by atoms with van der Waals surface area (Å²) in [5.41, 5.74) is 1.46. The smallest absolute Gasteiger partial charge is 0.258 e. The zero-order chi connectivity index (χ0) is 13.9. The van der Waals surface area contributed by atoms with Crippen molar-refractivity contribution in [3.8, 4) is 0 Å². The van der Waals surface area contributed by atoms with E-state index in [4.69, 9.17) is 4.42 Å². The summed E-state index contributed by atoms with van der Waals surface area (Å²) in [7, 11) is 0. The van der Waals surface area contributed by atoms with Crippen molar-refractivity contribution in [2.45, 2.75) is 25.8 Å². The molecular weight excluding hydrogens is 252 g/mol. The van der Waals surface area contributed by atoms with Crippen molar-refractivity contribution in [1.82, 2.24) is 10.2 Å². The van der Waals surface area contributed by atoms with Gasteiger partial charge in [0.2, 0.25) is 0 Å². The Morgan fingerprint density at radius 2 is 2.30 bits per heavy atom. The van der Waals surface area contributed by atoms with Crippen LogP contribution in [-0.4, -0.2) is 36.5 Å². The van der Waals surface area contributed by atoms with Crippen LogP contribution >= 0.6 is 0 Å². The van der Waals surface area contributed by atoms with Crippen LogP contribution < -0.4 is 5.32 Å². The summed E-state index contributed by atoms with van der Waals surface area (Å²) >= 11 is 0. The Balaban J connectivity index is 1.92. The molecule has 3 rings (SSSR count). The molecule has 4 heteroatoms. The molecule has 4 nitrogen and oxygen atoms in total. The first kappa shape index (κ1) is 13.2. The molecule has 20 heavy (non-hydrogen) atoms. The van der Waals surface area contributed by atoms with E-state index in [1.54, 1.807) is 6.26 Å². The van der Waals surface area contributed by atoms with Gasteiger partial charge in [0.1, 0.15) is 11.8 Å². The maximum Gasteiger partial charge on any atom is 0.258 e. The Labute approximate surface area is 118 Å². The zero-order valence-electron chi connectivity index (χ0n) is 11.8. The molecule has 0 radical (unpaired) electrons. The largest absolute Gasteiger partial charge is 0.463 e. The lowest BCUT2D eigenvalue weighted by Crippen LogP contribution is -2.42. The Kier molecular flexibility index (Phi) is 3.74. The lowest BCUT2D eigenvalue weighted by atomic mass is 10.1. The molecule has 0 bridgehead atoms. The highest BCUT2D eigenvalue weighted by molar-refractivity contribution is 6.06. The maximum atomic E-state index is 12.8. The summed E-state index contributed by atoms with van der Waals surface area (Å²) in [5, 5.41) is 4.24. The highest BCUT2D eigenvalue weighted by Crippen LogP contribution is 2.23. The minimum atomic E-state index is 0.0884. The van der Waals surface area contributed by atoms with E-state index < -0.39 is 0 Å². The molecule has 1 N–H and O–H groups in total. The third-order valence-electron chi connectivity index (χ3n) is 3.91. The van der Waals surface area contributed by atoms with E-state index in [2.05, 4.69) is 12.2 Å². The van der Waals surface area contributed by atoms with Gasteiger partial charge in [-0.15, -0.1) is 0 Å². The third kappa shape index (κ3) is 2.31. The second kappa shape index (κ2) is 5.67. The predicted molar refractivity (Wildman–Crippen MR) is 78.8 cm³/mol. The molecule has 106 valence electrons. The van der Waals surface area contributed by atoms with Gasteiger partial charge in [0, 0.05) is 24.5 Å². The Hall–Kier alpha value is -1.81. The number of nitrogens with one attached hydrogen (secondary N) is 1. The van der Waals surface area contributed by atoms with Crippen LogP contribution in [0.4, 0.5) is 0 Å². The average Bonchev–Trinajstić information content (AvgIpc) is 3.13. The summed E-state index contributed by atoms with van der Waals surface area (Å²) in [5.74, 6) is 0.0884. The molecule has 2 aromatic rings. The van der Waals surface area contributed by atoms with Gasteiger partial charge in [-0.05, 0) is 25.5 Å². The highest BCUT2D eigenvalue weighted by Gasteiger charge is 2.28. The topological polar surface area (TPSA) is 45.5 Å². The first-order valence-corrected chi connectivity index (χ1v) is 7.29. The van der Waals surface area contributed by atoms with Crippen LogP contribution in [0.1, 0.15) is 30.1 Å².